The van der Waals surface area contributed by atoms with Gasteiger partial charge < -0.3 is 9.84 Å². The van der Waals surface area contributed by atoms with Gasteiger partial charge in [0.15, 0.2) is 0 Å². The molecule has 120 valence electrons. The highest BCUT2D eigenvalue weighted by Gasteiger charge is 2.56. The summed E-state index contributed by atoms with van der Waals surface area (Å²) < 4.78 is 5.28. The number of esters is 1. The lowest BCUT2D eigenvalue weighted by Crippen LogP contribution is -2.56. The number of nitrogens with zero attached hydrogens (tertiary/aromatic N) is 1. The highest BCUT2D eigenvalue weighted by molar-refractivity contribution is 5.78. The maximum atomic E-state index is 12.6. The van der Waals surface area contributed by atoms with Crippen LogP contribution in [-0.2, 0) is 9.53 Å². The molecule has 0 aromatic rings. The zero-order valence-corrected chi connectivity index (χ0v) is 13.5. The predicted molar refractivity (Wildman–Crippen MR) is 81.5 cm³/mol. The van der Waals surface area contributed by atoms with Crippen LogP contribution >= 0.6 is 0 Å². The molecule has 21 heavy (non-hydrogen) atoms. The lowest BCUT2D eigenvalue weighted by Gasteiger charge is -2.48. The Morgan fingerprint density at radius 1 is 1.24 bits per heavy atom. The minimum Gasteiger partial charge on any atom is -0.465 e. The summed E-state index contributed by atoms with van der Waals surface area (Å²) in [6, 6.07) is 2.12. The Balaban J connectivity index is 3.01. The predicted octanol–water partition coefficient (Wildman–Crippen LogP) is 3.73. The molecule has 0 aromatic carbocycles. The molecule has 1 aliphatic rings. The first-order chi connectivity index (χ1) is 10.1. The van der Waals surface area contributed by atoms with Gasteiger partial charge in [-0.1, -0.05) is 39.0 Å². The van der Waals surface area contributed by atoms with Gasteiger partial charge in [-0.3, -0.25) is 4.79 Å². The van der Waals surface area contributed by atoms with E-state index in [1.807, 2.05) is 0 Å². The number of unbranched alkanes of at least 4 members (excludes halogenated alkanes) is 2. The molecule has 4 heteroatoms. The van der Waals surface area contributed by atoms with Crippen molar-refractivity contribution in [1.29, 1.82) is 5.26 Å². The van der Waals surface area contributed by atoms with Gasteiger partial charge in [-0.2, -0.15) is 5.26 Å². The second-order valence-electron chi connectivity index (χ2n) is 6.16. The molecule has 0 amide bonds. The second kappa shape index (κ2) is 8.38. The van der Waals surface area contributed by atoms with E-state index >= 15 is 0 Å². The Morgan fingerprint density at radius 2 is 1.95 bits per heavy atom. The van der Waals surface area contributed by atoms with E-state index in [4.69, 9.17) is 10.00 Å². The van der Waals surface area contributed by atoms with Crippen molar-refractivity contribution < 1.29 is 14.6 Å². The van der Waals surface area contributed by atoms with Crippen LogP contribution in [0.15, 0.2) is 0 Å². The molecule has 0 aromatic heterocycles. The quantitative estimate of drug-likeness (QED) is 0.547. The van der Waals surface area contributed by atoms with Crippen LogP contribution in [0.4, 0.5) is 0 Å². The Morgan fingerprint density at radius 3 is 2.57 bits per heavy atom. The first kappa shape index (κ1) is 18.0. The molecule has 2 atom stereocenters. The van der Waals surface area contributed by atoms with Gasteiger partial charge in [0.2, 0.25) is 0 Å². The van der Waals surface area contributed by atoms with Gasteiger partial charge in [0.05, 0.1) is 23.7 Å². The third-order valence-corrected chi connectivity index (χ3v) is 4.86. The first-order valence-corrected chi connectivity index (χ1v) is 8.33. The van der Waals surface area contributed by atoms with Gasteiger partial charge in [0, 0.05) is 6.42 Å². The lowest BCUT2D eigenvalue weighted by molar-refractivity contribution is -0.186. The topological polar surface area (TPSA) is 70.3 Å². The summed E-state index contributed by atoms with van der Waals surface area (Å²) in [5.74, 6) is -0.307. The summed E-state index contributed by atoms with van der Waals surface area (Å²) in [6.07, 6.45) is 7.51. The molecule has 4 nitrogen and oxygen atoms in total. The Labute approximate surface area is 128 Å². The van der Waals surface area contributed by atoms with Crippen molar-refractivity contribution in [1.82, 2.24) is 0 Å². The number of carbonyl (C=O) groups excluding carboxylic acids is 1. The summed E-state index contributed by atoms with van der Waals surface area (Å²) >= 11 is 0. The van der Waals surface area contributed by atoms with Gasteiger partial charge in [0.25, 0.3) is 0 Å². The van der Waals surface area contributed by atoms with Crippen LogP contribution in [0, 0.1) is 16.7 Å². The number of carbonyl (C=O) groups is 1. The Bertz CT molecular complexity index is 377. The standard InChI is InChI=1S/C17H29NO3/c1-3-5-6-12-17(20)13-8-7-10-16(17,11-9-14-18)15(19)21-4-2/h20H,3-13H2,1-2H3. The highest BCUT2D eigenvalue weighted by Crippen LogP contribution is 2.51. The number of ether oxygens (including phenoxy) is 1. The van der Waals surface area contributed by atoms with Crippen molar-refractivity contribution in [2.75, 3.05) is 6.61 Å². The number of nitriles is 1. The summed E-state index contributed by atoms with van der Waals surface area (Å²) in [6.45, 7) is 4.23. The Hall–Kier alpha value is -1.08. The zero-order chi connectivity index (χ0) is 15.8. The van der Waals surface area contributed by atoms with Gasteiger partial charge in [0.1, 0.15) is 0 Å². The molecule has 1 N–H and O–H groups in total. The Kier molecular flexibility index (Phi) is 7.17. The minimum absolute atomic E-state index is 0.287. The number of aliphatic hydroxyl groups is 1. The van der Waals surface area contributed by atoms with Crippen molar-refractivity contribution in [3.8, 4) is 6.07 Å². The van der Waals surface area contributed by atoms with Crippen LogP contribution in [0.3, 0.4) is 0 Å². The molecular formula is C17H29NO3. The van der Waals surface area contributed by atoms with Gasteiger partial charge in [-0.15, -0.1) is 0 Å². The molecular weight excluding hydrogens is 266 g/mol. The van der Waals surface area contributed by atoms with Crippen LogP contribution in [0.1, 0.15) is 78.1 Å². The van der Waals surface area contributed by atoms with Crippen LogP contribution in [-0.4, -0.2) is 23.3 Å². The minimum atomic E-state index is -1.01. The van der Waals surface area contributed by atoms with E-state index in [9.17, 15) is 9.90 Å². The van der Waals surface area contributed by atoms with E-state index in [0.29, 0.717) is 32.3 Å². The first-order valence-electron chi connectivity index (χ1n) is 8.33. The van der Waals surface area contributed by atoms with E-state index in [0.717, 1.165) is 32.1 Å². The molecule has 0 saturated heterocycles. The molecule has 1 rings (SSSR count). The average molecular weight is 295 g/mol. The summed E-state index contributed by atoms with van der Waals surface area (Å²) in [5, 5.41) is 20.1. The number of hydrogen-bond acceptors (Lipinski definition) is 4. The van der Waals surface area contributed by atoms with Crippen LogP contribution in [0.2, 0.25) is 0 Å². The third kappa shape index (κ3) is 3.97. The molecule has 1 aliphatic carbocycles. The van der Waals surface area contributed by atoms with Crippen molar-refractivity contribution in [2.45, 2.75) is 83.7 Å². The maximum Gasteiger partial charge on any atom is 0.315 e. The highest BCUT2D eigenvalue weighted by atomic mass is 16.5. The maximum absolute atomic E-state index is 12.6. The van der Waals surface area contributed by atoms with E-state index < -0.39 is 11.0 Å². The van der Waals surface area contributed by atoms with E-state index in [1.54, 1.807) is 6.92 Å². The molecule has 0 bridgehead atoms. The van der Waals surface area contributed by atoms with Crippen molar-refractivity contribution in [3.05, 3.63) is 0 Å². The normalized spacial score (nSPS) is 28.9. The fourth-order valence-electron chi connectivity index (χ4n) is 3.64. The second-order valence-corrected chi connectivity index (χ2v) is 6.16. The van der Waals surface area contributed by atoms with E-state index in [2.05, 4.69) is 13.0 Å². The molecule has 2 unspecified atom stereocenters. The number of hydrogen-bond donors (Lipinski definition) is 1. The van der Waals surface area contributed by atoms with Crippen LogP contribution in [0.25, 0.3) is 0 Å². The smallest absolute Gasteiger partial charge is 0.315 e. The number of rotatable bonds is 8. The zero-order valence-electron chi connectivity index (χ0n) is 13.5. The SMILES string of the molecule is CCCCCC1(O)CCCCC1(CCC#N)C(=O)OCC. The van der Waals surface area contributed by atoms with Gasteiger partial charge in [-0.05, 0) is 32.6 Å². The monoisotopic (exact) mass is 295 g/mol. The van der Waals surface area contributed by atoms with Crippen molar-refractivity contribution in [3.63, 3.8) is 0 Å². The van der Waals surface area contributed by atoms with Gasteiger partial charge in [-0.25, -0.2) is 0 Å². The average Bonchev–Trinajstić information content (AvgIpc) is 2.47. The van der Waals surface area contributed by atoms with E-state index in [1.165, 1.54) is 0 Å². The fraction of sp³-hybridized carbons (Fsp3) is 0.882. The van der Waals surface area contributed by atoms with Crippen molar-refractivity contribution in [2.24, 2.45) is 5.41 Å². The molecule has 0 aliphatic heterocycles. The van der Waals surface area contributed by atoms with E-state index in [-0.39, 0.29) is 12.4 Å². The van der Waals surface area contributed by atoms with Crippen LogP contribution in [0.5, 0.6) is 0 Å². The summed E-state index contributed by atoms with van der Waals surface area (Å²) in [7, 11) is 0. The third-order valence-electron chi connectivity index (χ3n) is 4.86. The molecule has 0 spiro atoms. The lowest BCUT2D eigenvalue weighted by atomic mass is 9.59. The molecule has 1 fully saturated rings. The van der Waals surface area contributed by atoms with Gasteiger partial charge >= 0.3 is 5.97 Å². The summed E-state index contributed by atoms with van der Waals surface area (Å²) in [5.41, 5.74) is -1.89. The molecule has 0 heterocycles. The molecule has 1 saturated carbocycles. The van der Waals surface area contributed by atoms with Crippen LogP contribution < -0.4 is 0 Å². The molecule has 0 radical (unpaired) electrons. The largest absolute Gasteiger partial charge is 0.465 e. The summed E-state index contributed by atoms with van der Waals surface area (Å²) in [4.78, 5) is 12.6. The fourth-order valence-corrected chi connectivity index (χ4v) is 3.64. The van der Waals surface area contributed by atoms with Crippen molar-refractivity contribution >= 4 is 5.97 Å².